The molecule has 0 bridgehead atoms. The zero-order valence-electron chi connectivity index (χ0n) is 21.2. The SMILES string of the molecule is CCOC(=O)C(C)NP(=O)(OC[C@H]1O[C@@H](n2cnc3c(N)nc(N)nc32)[C@](C)(F)[C@@H]1O)Oc1ccc(Cl)cc1. The van der Waals surface area contributed by atoms with Crippen LogP contribution in [0, 0.1) is 0 Å². The first-order valence-corrected chi connectivity index (χ1v) is 13.7. The molecule has 3 heterocycles. The van der Waals surface area contributed by atoms with Crippen LogP contribution < -0.4 is 21.1 Å². The topological polar surface area (TPSA) is 199 Å². The van der Waals surface area contributed by atoms with Crippen molar-refractivity contribution in [2.75, 3.05) is 24.7 Å². The van der Waals surface area contributed by atoms with Gasteiger partial charge in [-0.25, -0.2) is 13.9 Å². The zero-order chi connectivity index (χ0) is 28.5. The average molecular weight is 588 g/mol. The molecule has 2 unspecified atom stereocenters. The third kappa shape index (κ3) is 6.08. The number of anilines is 2. The lowest BCUT2D eigenvalue weighted by Crippen LogP contribution is -2.41. The van der Waals surface area contributed by atoms with Crippen molar-refractivity contribution in [3.8, 4) is 5.75 Å². The minimum absolute atomic E-state index is 0.0164. The molecule has 0 saturated carbocycles. The van der Waals surface area contributed by atoms with Crippen LogP contribution >= 0.6 is 19.3 Å². The van der Waals surface area contributed by atoms with E-state index in [4.69, 9.17) is 41.6 Å². The largest absolute Gasteiger partial charge is 0.465 e. The fourth-order valence-corrected chi connectivity index (χ4v) is 5.56. The Hall–Kier alpha value is -3.07. The summed E-state index contributed by atoms with van der Waals surface area (Å²) in [6.45, 7) is 3.63. The number of aromatic nitrogens is 4. The van der Waals surface area contributed by atoms with E-state index >= 15 is 4.39 Å². The lowest BCUT2D eigenvalue weighted by molar-refractivity contribution is -0.144. The van der Waals surface area contributed by atoms with Gasteiger partial charge in [-0.05, 0) is 45.0 Å². The Kier molecular flexibility index (Phi) is 8.30. The second-order valence-corrected chi connectivity index (χ2v) is 11.0. The van der Waals surface area contributed by atoms with Gasteiger partial charge in [0.05, 0.1) is 19.5 Å². The number of esters is 1. The number of carbonyl (C=O) groups excluding carboxylic acids is 1. The Morgan fingerprint density at radius 3 is 2.72 bits per heavy atom. The van der Waals surface area contributed by atoms with Gasteiger partial charge in [0.25, 0.3) is 0 Å². The molecule has 17 heteroatoms. The van der Waals surface area contributed by atoms with Crippen LogP contribution in [-0.4, -0.2) is 67.7 Å². The highest BCUT2D eigenvalue weighted by Crippen LogP contribution is 2.48. The Balaban J connectivity index is 1.56. The number of fused-ring (bicyclic) bond motifs is 1. The van der Waals surface area contributed by atoms with E-state index in [1.54, 1.807) is 6.92 Å². The highest BCUT2D eigenvalue weighted by molar-refractivity contribution is 7.52. The van der Waals surface area contributed by atoms with Crippen molar-refractivity contribution in [3.63, 3.8) is 0 Å². The van der Waals surface area contributed by atoms with Gasteiger partial charge >= 0.3 is 13.7 Å². The third-order valence-corrected chi connectivity index (χ3v) is 7.77. The van der Waals surface area contributed by atoms with Crippen LogP contribution in [0.4, 0.5) is 16.2 Å². The molecule has 0 spiro atoms. The summed E-state index contributed by atoms with van der Waals surface area (Å²) in [5, 5.41) is 13.7. The summed E-state index contributed by atoms with van der Waals surface area (Å²) in [6, 6.07) is 4.77. The van der Waals surface area contributed by atoms with E-state index in [1.807, 2.05) is 0 Å². The standard InChI is InChI=1S/C22H28ClFN7O7P/c1-4-35-19(33)11(2)30-39(34,38-13-7-5-12(23)6-8-13)36-9-14-16(32)22(3,24)20(37-14)31-10-27-15-17(25)28-21(26)29-18(15)31/h5-8,10-11,14,16,20,32H,4,9H2,1-3H3,(H,30,34)(H4,25,26,28,29)/t11?,14-,16-,20-,22-,39?/m1/s1. The summed E-state index contributed by atoms with van der Waals surface area (Å²) < 4.78 is 52.6. The van der Waals surface area contributed by atoms with E-state index in [1.165, 1.54) is 42.1 Å². The smallest absolute Gasteiger partial charge is 0.459 e. The molecule has 1 aliphatic heterocycles. The Morgan fingerprint density at radius 1 is 1.36 bits per heavy atom. The summed E-state index contributed by atoms with van der Waals surface area (Å²) in [7, 11) is -4.32. The van der Waals surface area contributed by atoms with Gasteiger partial charge in [0.1, 0.15) is 29.5 Å². The number of nitrogen functional groups attached to an aromatic ring is 2. The van der Waals surface area contributed by atoms with Crippen molar-refractivity contribution in [3.05, 3.63) is 35.6 Å². The van der Waals surface area contributed by atoms with Gasteiger partial charge in [0.2, 0.25) is 5.95 Å². The molecule has 3 aromatic rings. The normalized spacial score (nSPS) is 25.3. The first kappa shape index (κ1) is 28.9. The van der Waals surface area contributed by atoms with Crippen molar-refractivity contribution in [2.45, 2.75) is 50.9 Å². The first-order chi connectivity index (χ1) is 18.3. The molecule has 6 atom stereocenters. The number of nitrogens with zero attached hydrogens (tertiary/aromatic N) is 4. The van der Waals surface area contributed by atoms with Gasteiger partial charge < -0.3 is 30.6 Å². The molecule has 39 heavy (non-hydrogen) atoms. The maximum atomic E-state index is 15.8. The molecule has 1 aromatic carbocycles. The number of benzene rings is 1. The fraction of sp³-hybridized carbons (Fsp3) is 0.455. The van der Waals surface area contributed by atoms with Crippen LogP contribution in [0.1, 0.15) is 27.0 Å². The van der Waals surface area contributed by atoms with Crippen molar-refractivity contribution in [2.24, 2.45) is 0 Å². The van der Waals surface area contributed by atoms with Gasteiger partial charge in [-0.2, -0.15) is 15.1 Å². The minimum Gasteiger partial charge on any atom is -0.465 e. The van der Waals surface area contributed by atoms with Crippen molar-refractivity contribution in [1.29, 1.82) is 0 Å². The quantitative estimate of drug-likeness (QED) is 0.199. The monoisotopic (exact) mass is 587 g/mol. The summed E-state index contributed by atoms with van der Waals surface area (Å²) in [4.78, 5) is 24.1. The predicted molar refractivity (Wildman–Crippen MR) is 138 cm³/mol. The van der Waals surface area contributed by atoms with E-state index in [2.05, 4.69) is 20.0 Å². The Morgan fingerprint density at radius 2 is 2.05 bits per heavy atom. The fourth-order valence-electron chi connectivity index (χ4n) is 3.93. The molecular formula is C22H28ClFN7O7P. The predicted octanol–water partition coefficient (Wildman–Crippen LogP) is 2.38. The summed E-state index contributed by atoms with van der Waals surface area (Å²) in [5.41, 5.74) is 9.38. The molecule has 4 rings (SSSR count). The molecule has 0 radical (unpaired) electrons. The minimum atomic E-state index is -4.32. The van der Waals surface area contributed by atoms with Gasteiger partial charge in [-0.3, -0.25) is 13.9 Å². The lowest BCUT2D eigenvalue weighted by Gasteiger charge is -2.25. The summed E-state index contributed by atoms with van der Waals surface area (Å²) >= 11 is 5.90. The highest BCUT2D eigenvalue weighted by atomic mass is 35.5. The van der Waals surface area contributed by atoms with E-state index < -0.39 is 50.5 Å². The van der Waals surface area contributed by atoms with Gasteiger partial charge in [-0.15, -0.1) is 0 Å². The number of hydrogen-bond acceptors (Lipinski definition) is 12. The average Bonchev–Trinajstić information content (AvgIpc) is 3.37. The van der Waals surface area contributed by atoms with Crippen LogP contribution in [0.15, 0.2) is 30.6 Å². The van der Waals surface area contributed by atoms with E-state index in [0.717, 1.165) is 6.92 Å². The first-order valence-electron chi connectivity index (χ1n) is 11.8. The lowest BCUT2D eigenvalue weighted by atomic mass is 9.98. The Labute approximate surface area is 227 Å². The molecule has 1 saturated heterocycles. The van der Waals surface area contributed by atoms with E-state index in [-0.39, 0.29) is 35.3 Å². The molecule has 1 fully saturated rings. The van der Waals surface area contributed by atoms with Crippen LogP contribution in [-0.2, 0) is 23.4 Å². The van der Waals surface area contributed by atoms with Crippen molar-refractivity contribution < 1.29 is 37.4 Å². The number of hydrogen-bond donors (Lipinski definition) is 4. The maximum Gasteiger partial charge on any atom is 0.459 e. The van der Waals surface area contributed by atoms with Gasteiger partial charge in [0.15, 0.2) is 23.4 Å². The van der Waals surface area contributed by atoms with Crippen molar-refractivity contribution >= 4 is 48.2 Å². The number of rotatable bonds is 10. The Bertz CT molecular complexity index is 1390. The second kappa shape index (κ2) is 11.2. The molecule has 14 nitrogen and oxygen atoms in total. The molecule has 2 aromatic heterocycles. The third-order valence-electron chi connectivity index (χ3n) is 5.88. The number of ether oxygens (including phenoxy) is 2. The van der Waals surface area contributed by atoms with Crippen LogP contribution in [0.3, 0.4) is 0 Å². The number of imidazole rings is 1. The number of aliphatic hydroxyl groups is 1. The number of aliphatic hydroxyl groups excluding tert-OH is 1. The highest BCUT2D eigenvalue weighted by Gasteiger charge is 2.56. The summed E-state index contributed by atoms with van der Waals surface area (Å²) in [6.07, 6.45) is -3.29. The number of nitrogens with one attached hydrogen (secondary N) is 1. The van der Waals surface area contributed by atoms with Crippen LogP contribution in [0.2, 0.25) is 5.02 Å². The number of nitrogens with two attached hydrogens (primary N) is 2. The van der Waals surface area contributed by atoms with E-state index in [9.17, 15) is 14.5 Å². The zero-order valence-corrected chi connectivity index (χ0v) is 22.8. The van der Waals surface area contributed by atoms with Crippen LogP contribution in [0.5, 0.6) is 5.75 Å². The molecule has 6 N–H and O–H groups in total. The number of alkyl halides is 1. The van der Waals surface area contributed by atoms with Gasteiger partial charge in [0, 0.05) is 5.02 Å². The second-order valence-electron chi connectivity index (χ2n) is 8.86. The molecule has 1 aliphatic rings. The van der Waals surface area contributed by atoms with E-state index in [0.29, 0.717) is 5.02 Å². The molecule has 0 amide bonds. The molecule has 0 aliphatic carbocycles. The van der Waals surface area contributed by atoms with Crippen molar-refractivity contribution in [1.82, 2.24) is 24.6 Å². The maximum absolute atomic E-state index is 15.8. The number of halogens is 2. The molecular weight excluding hydrogens is 560 g/mol. The van der Waals surface area contributed by atoms with Crippen LogP contribution in [0.25, 0.3) is 11.2 Å². The molecule has 212 valence electrons. The number of carbonyl (C=O) groups is 1. The summed E-state index contributed by atoms with van der Waals surface area (Å²) in [5.74, 6) is -0.783. The van der Waals surface area contributed by atoms with Gasteiger partial charge in [-0.1, -0.05) is 11.6 Å².